The van der Waals surface area contributed by atoms with Gasteiger partial charge in [-0.2, -0.15) is 0 Å². The smallest absolute Gasteiger partial charge is 0.167 e. The van der Waals surface area contributed by atoms with Crippen molar-refractivity contribution in [1.82, 2.24) is 0 Å². The minimum absolute atomic E-state index is 0.119. The first-order valence-corrected chi connectivity index (χ1v) is 5.56. The summed E-state index contributed by atoms with van der Waals surface area (Å²) in [5.74, 6) is -0.122. The second-order valence-corrected chi connectivity index (χ2v) is 3.83. The van der Waals surface area contributed by atoms with E-state index in [1.165, 1.54) is 13.2 Å². The lowest BCUT2D eigenvalue weighted by molar-refractivity contribution is -0.133. The fraction of sp³-hybridized carbons (Fsp3) is 0.500. The largest absolute Gasteiger partial charge is 0.494 e. The van der Waals surface area contributed by atoms with Gasteiger partial charge in [-0.25, -0.2) is 4.39 Å². The molecular formula is C12H16FNO3. The van der Waals surface area contributed by atoms with Crippen molar-refractivity contribution in [3.63, 3.8) is 0 Å². The zero-order chi connectivity index (χ0) is 12.1. The molecule has 1 N–H and O–H groups in total. The van der Waals surface area contributed by atoms with Crippen molar-refractivity contribution in [3.8, 4) is 5.75 Å². The Balaban J connectivity index is 1.87. The fourth-order valence-corrected chi connectivity index (χ4v) is 1.67. The number of methoxy groups -OCH3 is 1. The summed E-state index contributed by atoms with van der Waals surface area (Å²) in [7, 11) is 1.45. The number of anilines is 1. The molecule has 1 aromatic carbocycles. The highest BCUT2D eigenvalue weighted by Gasteiger charge is 2.13. The Bertz CT molecular complexity index is 367. The lowest BCUT2D eigenvalue weighted by Gasteiger charge is -2.23. The lowest BCUT2D eigenvalue weighted by atomic mass is 10.2. The number of nitrogens with one attached hydrogen (secondary N) is 1. The van der Waals surface area contributed by atoms with Gasteiger partial charge in [0.25, 0.3) is 0 Å². The van der Waals surface area contributed by atoms with Gasteiger partial charge in [-0.15, -0.1) is 0 Å². The first kappa shape index (κ1) is 12.1. The molecule has 0 amide bonds. The van der Waals surface area contributed by atoms with Crippen LogP contribution >= 0.6 is 0 Å². The monoisotopic (exact) mass is 241 g/mol. The van der Waals surface area contributed by atoms with Gasteiger partial charge in [0.05, 0.1) is 19.8 Å². The van der Waals surface area contributed by atoms with Crippen LogP contribution in [0.1, 0.15) is 6.42 Å². The molecular weight excluding hydrogens is 225 g/mol. The van der Waals surface area contributed by atoms with E-state index in [4.69, 9.17) is 14.2 Å². The predicted molar refractivity (Wildman–Crippen MR) is 61.8 cm³/mol. The van der Waals surface area contributed by atoms with Crippen molar-refractivity contribution in [2.75, 3.05) is 32.4 Å². The Morgan fingerprint density at radius 3 is 3.06 bits per heavy atom. The quantitative estimate of drug-likeness (QED) is 0.875. The maximum atomic E-state index is 13.4. The predicted octanol–water partition coefficient (Wildman–Crippen LogP) is 2.01. The minimum Gasteiger partial charge on any atom is -0.494 e. The SMILES string of the molecule is COc1ccc(NCC2CCOCO2)cc1F. The van der Waals surface area contributed by atoms with Gasteiger partial charge in [-0.05, 0) is 18.6 Å². The van der Waals surface area contributed by atoms with Crippen molar-refractivity contribution in [2.45, 2.75) is 12.5 Å². The summed E-state index contributed by atoms with van der Waals surface area (Å²) >= 11 is 0. The number of hydrogen-bond acceptors (Lipinski definition) is 4. The highest BCUT2D eigenvalue weighted by molar-refractivity contribution is 5.47. The average molecular weight is 241 g/mol. The lowest BCUT2D eigenvalue weighted by Crippen LogP contribution is -2.30. The number of rotatable bonds is 4. The fourth-order valence-electron chi connectivity index (χ4n) is 1.67. The third kappa shape index (κ3) is 3.31. The maximum absolute atomic E-state index is 13.4. The van der Waals surface area contributed by atoms with E-state index in [2.05, 4.69) is 5.32 Å². The van der Waals surface area contributed by atoms with Crippen LogP contribution in [0.15, 0.2) is 18.2 Å². The van der Waals surface area contributed by atoms with E-state index in [-0.39, 0.29) is 17.7 Å². The van der Waals surface area contributed by atoms with E-state index in [0.29, 0.717) is 19.9 Å². The van der Waals surface area contributed by atoms with Crippen LogP contribution in [0.3, 0.4) is 0 Å². The van der Waals surface area contributed by atoms with Crippen LogP contribution in [0.2, 0.25) is 0 Å². The first-order valence-electron chi connectivity index (χ1n) is 5.56. The van der Waals surface area contributed by atoms with E-state index < -0.39 is 0 Å². The molecule has 1 aromatic rings. The van der Waals surface area contributed by atoms with Crippen molar-refractivity contribution < 1.29 is 18.6 Å². The van der Waals surface area contributed by atoms with E-state index in [1.54, 1.807) is 12.1 Å². The number of benzene rings is 1. The summed E-state index contributed by atoms with van der Waals surface area (Å²) in [6, 6.07) is 4.79. The standard InChI is InChI=1S/C12H16FNO3/c1-15-12-3-2-9(6-11(12)13)14-7-10-4-5-16-8-17-10/h2-3,6,10,14H,4-5,7-8H2,1H3. The van der Waals surface area contributed by atoms with Crippen LogP contribution in [-0.4, -0.2) is 33.2 Å². The first-order chi connectivity index (χ1) is 8.29. The molecule has 1 fully saturated rings. The van der Waals surface area contributed by atoms with Crippen molar-refractivity contribution in [2.24, 2.45) is 0 Å². The molecule has 17 heavy (non-hydrogen) atoms. The van der Waals surface area contributed by atoms with Crippen LogP contribution in [0, 0.1) is 5.82 Å². The van der Waals surface area contributed by atoms with Gasteiger partial charge >= 0.3 is 0 Å². The molecule has 94 valence electrons. The third-order valence-electron chi connectivity index (χ3n) is 2.66. The second-order valence-electron chi connectivity index (χ2n) is 3.83. The summed E-state index contributed by atoms with van der Waals surface area (Å²) in [6.45, 7) is 1.70. The van der Waals surface area contributed by atoms with Gasteiger partial charge in [-0.1, -0.05) is 0 Å². The third-order valence-corrected chi connectivity index (χ3v) is 2.66. The molecule has 1 saturated heterocycles. The molecule has 2 rings (SSSR count). The molecule has 0 spiro atoms. The van der Waals surface area contributed by atoms with Gasteiger partial charge in [0.2, 0.25) is 0 Å². The maximum Gasteiger partial charge on any atom is 0.167 e. The Kier molecular flexibility index (Phi) is 4.17. The molecule has 1 heterocycles. The molecule has 4 nitrogen and oxygen atoms in total. The Morgan fingerprint density at radius 1 is 1.53 bits per heavy atom. The highest BCUT2D eigenvalue weighted by Crippen LogP contribution is 2.20. The van der Waals surface area contributed by atoms with Crippen molar-refractivity contribution in [3.05, 3.63) is 24.0 Å². The average Bonchev–Trinajstić information content (AvgIpc) is 2.38. The Labute approximate surface area is 99.7 Å². The Morgan fingerprint density at radius 2 is 2.41 bits per heavy atom. The summed E-state index contributed by atoms with van der Waals surface area (Å²) < 4.78 is 28.7. The number of ether oxygens (including phenoxy) is 3. The van der Waals surface area contributed by atoms with Crippen LogP contribution in [0.25, 0.3) is 0 Å². The highest BCUT2D eigenvalue weighted by atomic mass is 19.1. The van der Waals surface area contributed by atoms with Gasteiger partial charge in [0.1, 0.15) is 6.79 Å². The molecule has 0 saturated carbocycles. The molecule has 0 aromatic heterocycles. The van der Waals surface area contributed by atoms with E-state index in [1.807, 2.05) is 0 Å². The molecule has 1 aliphatic rings. The van der Waals surface area contributed by atoms with E-state index >= 15 is 0 Å². The van der Waals surface area contributed by atoms with Crippen molar-refractivity contribution in [1.29, 1.82) is 0 Å². The molecule has 1 unspecified atom stereocenters. The molecule has 1 atom stereocenters. The number of halogens is 1. The normalized spacial score (nSPS) is 20.0. The van der Waals surface area contributed by atoms with Crippen LogP contribution in [0.5, 0.6) is 5.75 Å². The minimum atomic E-state index is -0.370. The zero-order valence-corrected chi connectivity index (χ0v) is 9.74. The van der Waals surface area contributed by atoms with Crippen LogP contribution < -0.4 is 10.1 Å². The van der Waals surface area contributed by atoms with Crippen molar-refractivity contribution >= 4 is 5.69 Å². The molecule has 0 aliphatic carbocycles. The van der Waals surface area contributed by atoms with Gasteiger partial charge in [0.15, 0.2) is 11.6 Å². The van der Waals surface area contributed by atoms with Gasteiger partial charge in [-0.3, -0.25) is 0 Å². The second kappa shape index (κ2) is 5.84. The zero-order valence-electron chi connectivity index (χ0n) is 9.74. The van der Waals surface area contributed by atoms with Gasteiger partial charge < -0.3 is 19.5 Å². The van der Waals surface area contributed by atoms with Crippen LogP contribution in [-0.2, 0) is 9.47 Å². The number of hydrogen-bond donors (Lipinski definition) is 1. The van der Waals surface area contributed by atoms with Gasteiger partial charge in [0, 0.05) is 18.3 Å². The summed E-state index contributed by atoms with van der Waals surface area (Å²) in [6.07, 6.45) is 0.972. The van der Waals surface area contributed by atoms with E-state index in [0.717, 1.165) is 12.1 Å². The molecule has 0 radical (unpaired) electrons. The molecule has 1 aliphatic heterocycles. The summed E-state index contributed by atoms with van der Waals surface area (Å²) in [4.78, 5) is 0. The topological polar surface area (TPSA) is 39.7 Å². The van der Waals surface area contributed by atoms with Crippen LogP contribution in [0.4, 0.5) is 10.1 Å². The Hall–Kier alpha value is -1.33. The molecule has 5 heteroatoms. The summed E-state index contributed by atoms with van der Waals surface area (Å²) in [5.41, 5.74) is 0.721. The van der Waals surface area contributed by atoms with E-state index in [9.17, 15) is 4.39 Å². The summed E-state index contributed by atoms with van der Waals surface area (Å²) in [5, 5.41) is 3.13. The molecule has 0 bridgehead atoms.